The van der Waals surface area contributed by atoms with Gasteiger partial charge in [-0.1, -0.05) is 63.9 Å². The van der Waals surface area contributed by atoms with Crippen molar-refractivity contribution in [1.82, 2.24) is 40.4 Å². The first-order valence-corrected chi connectivity index (χ1v) is 22.1. The van der Waals surface area contributed by atoms with Crippen LogP contribution in [0.2, 0.25) is 0 Å². The van der Waals surface area contributed by atoms with Gasteiger partial charge in [-0.2, -0.15) is 0 Å². The van der Waals surface area contributed by atoms with Crippen molar-refractivity contribution in [2.24, 2.45) is 17.8 Å². The molecule has 0 spiro atoms. The summed E-state index contributed by atoms with van der Waals surface area (Å²) in [4.78, 5) is 71.3. The highest BCUT2D eigenvalue weighted by Gasteiger charge is 2.41. The van der Waals surface area contributed by atoms with Crippen molar-refractivity contribution in [1.29, 1.82) is 0 Å². The van der Waals surface area contributed by atoms with Crippen molar-refractivity contribution in [3.05, 3.63) is 82.8 Å². The fourth-order valence-electron chi connectivity index (χ4n) is 10.2. The number of nitrogens with one attached hydrogen (secondary N) is 4. The Labute approximate surface area is 363 Å². The maximum absolute atomic E-state index is 13.8. The number of alkyl carbamates (subject to hydrolysis) is 2. The number of aromatic amines is 2. The van der Waals surface area contributed by atoms with Crippen LogP contribution in [0, 0.1) is 29.6 Å². The number of carbonyl (C=O) groups is 4. The first-order chi connectivity index (χ1) is 29.9. The van der Waals surface area contributed by atoms with Crippen molar-refractivity contribution in [2.45, 2.75) is 103 Å². The first-order valence-electron chi connectivity index (χ1n) is 22.1. The number of aromatic nitrogens is 4. The molecule has 2 bridgehead atoms. The average molecular weight is 843 g/mol. The van der Waals surface area contributed by atoms with Crippen LogP contribution >= 0.6 is 0 Å². The third-order valence-corrected chi connectivity index (χ3v) is 13.4. The minimum atomic E-state index is -0.692. The van der Waals surface area contributed by atoms with E-state index in [-0.39, 0.29) is 48.2 Å². The lowest BCUT2D eigenvalue weighted by atomic mass is 9.83. The van der Waals surface area contributed by atoms with E-state index < -0.39 is 18.2 Å². The Bertz CT molecular complexity index is 2370. The highest BCUT2D eigenvalue weighted by atomic mass is 16.5. The molecule has 0 radical (unpaired) electrons. The van der Waals surface area contributed by atoms with Crippen molar-refractivity contribution >= 4 is 24.0 Å². The standard InChI is InChI=1S/C48H58N8O6/c1-27(2)36(25-51-47(59)61-5)45(57)55-21-7-10-39(55)44-50-26-37(53-44)30-13-11-29(12-14-30)35-20-18-31(40-32-15-16-33(23-32)41(35)40)17-19-34-24-49-43(52-34)38-9-8-22-56(38)46(58)42(28(3)4)54-48(60)62-6/h11-14,18,20,24,26-28,32-33,36,38-39,42H,7-10,15-16,21-23,25H2,1-6H3,(H,49,52)(H,50,53)(H,51,59)(H,54,60). The van der Waals surface area contributed by atoms with Gasteiger partial charge in [0.1, 0.15) is 23.4 Å². The van der Waals surface area contributed by atoms with E-state index in [1.807, 2.05) is 43.7 Å². The van der Waals surface area contributed by atoms with Crippen LogP contribution in [0.3, 0.4) is 0 Å². The van der Waals surface area contributed by atoms with E-state index in [0.717, 1.165) is 54.7 Å². The second-order valence-corrected chi connectivity index (χ2v) is 17.8. The molecular formula is C48H58N8O6. The molecule has 4 aromatic rings. The monoisotopic (exact) mass is 842 g/mol. The molecule has 6 atom stereocenters. The number of ether oxygens (including phenoxy) is 2. The highest BCUT2D eigenvalue weighted by molar-refractivity contribution is 5.86. The Morgan fingerprint density at radius 3 is 2.03 bits per heavy atom. The van der Waals surface area contributed by atoms with Crippen molar-refractivity contribution in [3.63, 3.8) is 0 Å². The van der Waals surface area contributed by atoms with Gasteiger partial charge in [-0.05, 0) is 108 Å². The summed E-state index contributed by atoms with van der Waals surface area (Å²) in [7, 11) is 2.62. The fraction of sp³-hybridized carbons (Fsp3) is 0.500. The number of hydrogen-bond donors (Lipinski definition) is 4. The zero-order valence-electron chi connectivity index (χ0n) is 36.5. The molecule has 4 amide bonds. The fourth-order valence-corrected chi connectivity index (χ4v) is 10.2. The van der Waals surface area contributed by atoms with Gasteiger partial charge in [-0.25, -0.2) is 19.6 Å². The molecule has 8 rings (SSSR count). The normalized spacial score (nSPS) is 21.1. The second kappa shape index (κ2) is 18.1. The Morgan fingerprint density at radius 2 is 1.37 bits per heavy atom. The van der Waals surface area contributed by atoms with Gasteiger partial charge in [0, 0.05) is 25.2 Å². The summed E-state index contributed by atoms with van der Waals surface area (Å²) in [5.41, 5.74) is 8.89. The average Bonchev–Trinajstić information content (AvgIpc) is 4.14. The molecule has 2 aromatic carbocycles. The van der Waals surface area contributed by atoms with Crippen LogP contribution in [0.15, 0.2) is 48.8 Å². The van der Waals surface area contributed by atoms with Gasteiger partial charge in [0.15, 0.2) is 0 Å². The number of amides is 4. The molecule has 2 aliphatic heterocycles. The molecule has 2 aromatic heterocycles. The van der Waals surface area contributed by atoms with Crippen molar-refractivity contribution < 1.29 is 28.7 Å². The van der Waals surface area contributed by atoms with Gasteiger partial charge in [0.25, 0.3) is 0 Å². The van der Waals surface area contributed by atoms with Gasteiger partial charge >= 0.3 is 12.2 Å². The quantitative estimate of drug-likeness (QED) is 0.112. The molecule has 14 heteroatoms. The van der Waals surface area contributed by atoms with E-state index in [4.69, 9.17) is 14.5 Å². The summed E-state index contributed by atoms with van der Waals surface area (Å²) in [6.45, 7) is 9.27. The number of rotatable bonds is 11. The molecule has 4 aliphatic rings. The van der Waals surface area contributed by atoms with Crippen molar-refractivity contribution in [2.75, 3.05) is 33.9 Å². The Kier molecular flexibility index (Phi) is 12.4. The van der Waals surface area contributed by atoms with Gasteiger partial charge in [0.2, 0.25) is 11.8 Å². The van der Waals surface area contributed by atoms with Crippen LogP contribution in [0.25, 0.3) is 22.4 Å². The lowest BCUT2D eigenvalue weighted by Gasteiger charge is -2.29. The maximum atomic E-state index is 13.8. The molecule has 4 heterocycles. The maximum Gasteiger partial charge on any atom is 0.407 e. The van der Waals surface area contributed by atoms with Crippen molar-refractivity contribution in [3.8, 4) is 34.2 Å². The first kappa shape index (κ1) is 42.6. The predicted octanol–water partition coefficient (Wildman–Crippen LogP) is 7.57. The van der Waals surface area contributed by atoms with Crippen LogP contribution < -0.4 is 10.6 Å². The molecule has 3 fully saturated rings. The van der Waals surface area contributed by atoms with E-state index in [1.165, 1.54) is 49.3 Å². The van der Waals surface area contributed by atoms with Crippen LogP contribution in [0.4, 0.5) is 9.59 Å². The topological polar surface area (TPSA) is 175 Å². The van der Waals surface area contributed by atoms with Gasteiger partial charge in [0.05, 0.1) is 50.3 Å². The second-order valence-electron chi connectivity index (χ2n) is 17.8. The summed E-state index contributed by atoms with van der Waals surface area (Å²) in [6, 6.07) is 12.0. The number of nitrogens with zero attached hydrogens (tertiary/aromatic N) is 4. The third kappa shape index (κ3) is 8.41. The zero-order valence-corrected chi connectivity index (χ0v) is 36.5. The van der Waals surface area contributed by atoms with Crippen LogP contribution in [-0.2, 0) is 19.1 Å². The SMILES string of the molecule is COC(=O)NCC(C(=O)N1CCCC1c1ncc(-c2ccc(-c3ccc(C#Cc4cnc(C5CCCN5C(=O)C(NC(=O)OC)C(C)C)[nH]4)c4c3C3CCC4C3)cc2)[nH]1)C(C)C. The highest BCUT2D eigenvalue weighted by Crippen LogP contribution is 2.56. The third-order valence-electron chi connectivity index (χ3n) is 13.4. The van der Waals surface area contributed by atoms with E-state index in [2.05, 4.69) is 73.8 Å². The minimum Gasteiger partial charge on any atom is -0.453 e. The molecule has 2 saturated heterocycles. The molecule has 1 saturated carbocycles. The number of methoxy groups -OCH3 is 2. The van der Waals surface area contributed by atoms with E-state index in [9.17, 15) is 19.2 Å². The molecule has 4 N–H and O–H groups in total. The molecule has 6 unspecified atom stereocenters. The van der Waals surface area contributed by atoms with Crippen LogP contribution in [0.5, 0.6) is 0 Å². The lowest BCUT2D eigenvalue weighted by molar-refractivity contribution is -0.138. The summed E-state index contributed by atoms with van der Waals surface area (Å²) in [6.07, 6.45) is 9.28. The largest absolute Gasteiger partial charge is 0.453 e. The van der Waals surface area contributed by atoms with E-state index in [0.29, 0.717) is 36.4 Å². The molecule has 2 aliphatic carbocycles. The summed E-state index contributed by atoms with van der Waals surface area (Å²) in [5.74, 6) is 8.77. The minimum absolute atomic E-state index is 0.0174. The predicted molar refractivity (Wildman–Crippen MR) is 234 cm³/mol. The number of fused-ring (bicyclic) bond motifs is 5. The number of likely N-dealkylation sites (tertiary alicyclic amines) is 2. The van der Waals surface area contributed by atoms with E-state index in [1.54, 1.807) is 6.20 Å². The molecule has 14 nitrogen and oxygen atoms in total. The van der Waals surface area contributed by atoms with Crippen LogP contribution in [-0.4, -0.2) is 93.6 Å². The Morgan fingerprint density at radius 1 is 0.742 bits per heavy atom. The summed E-state index contributed by atoms with van der Waals surface area (Å²) < 4.78 is 9.52. The van der Waals surface area contributed by atoms with Gasteiger partial charge < -0.3 is 39.9 Å². The van der Waals surface area contributed by atoms with Gasteiger partial charge in [-0.15, -0.1) is 0 Å². The lowest BCUT2D eigenvalue weighted by Crippen LogP contribution is -2.51. The summed E-state index contributed by atoms with van der Waals surface area (Å²) in [5, 5.41) is 5.42. The number of imidazole rings is 2. The molecule has 326 valence electrons. The smallest absolute Gasteiger partial charge is 0.407 e. The number of H-pyrrole nitrogens is 2. The Balaban J connectivity index is 0.976. The number of hydrogen-bond acceptors (Lipinski definition) is 8. The number of carbonyl (C=O) groups excluding carboxylic acids is 4. The molecular weight excluding hydrogens is 785 g/mol. The Hall–Kier alpha value is -6.10. The molecule has 62 heavy (non-hydrogen) atoms. The zero-order chi connectivity index (χ0) is 43.7. The van der Waals surface area contributed by atoms with E-state index >= 15 is 0 Å². The number of benzene rings is 2. The summed E-state index contributed by atoms with van der Waals surface area (Å²) >= 11 is 0. The van der Waals surface area contributed by atoms with Gasteiger partial charge in [-0.3, -0.25) is 9.59 Å². The van der Waals surface area contributed by atoms with Crippen LogP contribution in [0.1, 0.15) is 131 Å².